The number of rotatable bonds is 4. The van der Waals surface area contributed by atoms with Crippen LogP contribution in [0, 0.1) is 13.8 Å². The van der Waals surface area contributed by atoms with Crippen LogP contribution in [0.5, 0.6) is 0 Å². The van der Waals surface area contributed by atoms with Gasteiger partial charge in [0.15, 0.2) is 0 Å². The molecule has 3 rings (SSSR count). The van der Waals surface area contributed by atoms with Crippen LogP contribution in [-0.4, -0.2) is 34.9 Å². The van der Waals surface area contributed by atoms with Crippen molar-refractivity contribution in [1.29, 1.82) is 0 Å². The fraction of sp³-hybridized carbons (Fsp3) is 0.273. The molecular weight excluding hydrogens is 296 g/mol. The topological polar surface area (TPSA) is 107 Å². The molecular formula is C11H11ClN8O. The Morgan fingerprint density at radius 2 is 2.14 bits per heavy atom. The Balaban J connectivity index is 1.83. The van der Waals surface area contributed by atoms with Gasteiger partial charge in [-0.2, -0.15) is 24.7 Å². The zero-order chi connectivity index (χ0) is 14.8. The Hall–Kier alpha value is -2.55. The Morgan fingerprint density at radius 3 is 2.81 bits per heavy atom. The predicted octanol–water partition coefficient (Wildman–Crippen LogP) is 1.32. The van der Waals surface area contributed by atoms with Crippen molar-refractivity contribution >= 4 is 17.5 Å². The minimum absolute atomic E-state index is 0.0664. The van der Waals surface area contributed by atoms with Gasteiger partial charge in [-0.15, -0.1) is 0 Å². The molecule has 0 aliphatic rings. The van der Waals surface area contributed by atoms with Crippen LogP contribution in [0.25, 0.3) is 5.95 Å². The van der Waals surface area contributed by atoms with Crippen LogP contribution in [-0.2, 0) is 6.54 Å². The van der Waals surface area contributed by atoms with E-state index in [1.54, 1.807) is 0 Å². The lowest BCUT2D eigenvalue weighted by Gasteiger charge is -2.06. The number of aryl methyl sites for hydroxylation is 2. The number of halogens is 1. The first kappa shape index (κ1) is 13.4. The maximum Gasteiger partial charge on any atom is 0.258 e. The molecule has 3 heterocycles. The maximum atomic E-state index is 5.90. The molecule has 0 aromatic carbocycles. The summed E-state index contributed by atoms with van der Waals surface area (Å²) in [6.07, 6.45) is 2.86. The van der Waals surface area contributed by atoms with Crippen LogP contribution >= 0.6 is 11.6 Å². The third-order valence-corrected chi connectivity index (χ3v) is 2.99. The van der Waals surface area contributed by atoms with Gasteiger partial charge in [-0.25, -0.2) is 4.98 Å². The number of hydrogen-bond donors (Lipinski definition) is 1. The number of nitrogens with one attached hydrogen (secondary N) is 1. The summed E-state index contributed by atoms with van der Waals surface area (Å²) in [6.45, 7) is 4.19. The highest BCUT2D eigenvalue weighted by atomic mass is 35.5. The first-order chi connectivity index (χ1) is 10.1. The predicted molar refractivity (Wildman–Crippen MR) is 73.1 cm³/mol. The normalized spacial score (nSPS) is 10.8. The monoisotopic (exact) mass is 306 g/mol. The van der Waals surface area contributed by atoms with Gasteiger partial charge >= 0.3 is 0 Å². The average molecular weight is 307 g/mol. The van der Waals surface area contributed by atoms with Crippen LogP contribution in [0.3, 0.4) is 0 Å². The minimum Gasteiger partial charge on any atom is -0.361 e. The fourth-order valence-electron chi connectivity index (χ4n) is 1.75. The quantitative estimate of drug-likeness (QED) is 0.769. The van der Waals surface area contributed by atoms with Crippen molar-refractivity contribution in [3.63, 3.8) is 0 Å². The lowest BCUT2D eigenvalue weighted by Crippen LogP contribution is -2.10. The van der Waals surface area contributed by atoms with Gasteiger partial charge in [0, 0.05) is 12.1 Å². The summed E-state index contributed by atoms with van der Waals surface area (Å²) in [4.78, 5) is 16.1. The molecule has 9 nitrogen and oxygen atoms in total. The molecule has 0 bridgehead atoms. The SMILES string of the molecule is Cc1noc(C)c1CNc1nc(Cl)nc(-n2cncn2)n1. The summed E-state index contributed by atoms with van der Waals surface area (Å²) in [5, 5.41) is 11.0. The standard InChI is InChI=1S/C11H11ClN8O/c1-6-8(7(2)21-19-6)3-14-10-16-9(12)17-11(18-10)20-5-13-4-15-20/h4-5H,3H2,1-2H3,(H,14,16,17,18). The minimum atomic E-state index is 0.0664. The van der Waals surface area contributed by atoms with Gasteiger partial charge in [0.2, 0.25) is 11.2 Å². The lowest BCUT2D eigenvalue weighted by molar-refractivity contribution is 0.392. The molecule has 108 valence electrons. The number of aromatic nitrogens is 7. The van der Waals surface area contributed by atoms with Crippen molar-refractivity contribution < 1.29 is 4.52 Å². The Kier molecular flexibility index (Phi) is 3.48. The molecule has 0 radical (unpaired) electrons. The Morgan fingerprint density at radius 1 is 1.29 bits per heavy atom. The fourth-order valence-corrected chi connectivity index (χ4v) is 1.91. The average Bonchev–Trinajstić information content (AvgIpc) is 3.08. The first-order valence-electron chi connectivity index (χ1n) is 6.05. The van der Waals surface area contributed by atoms with E-state index in [-0.39, 0.29) is 11.2 Å². The molecule has 21 heavy (non-hydrogen) atoms. The van der Waals surface area contributed by atoms with E-state index in [0.717, 1.165) is 17.0 Å². The van der Waals surface area contributed by atoms with Crippen molar-refractivity contribution in [3.8, 4) is 5.95 Å². The van der Waals surface area contributed by atoms with Gasteiger partial charge in [-0.05, 0) is 25.4 Å². The Labute approximate surface area is 124 Å². The molecule has 3 aromatic rings. The van der Waals surface area contributed by atoms with E-state index < -0.39 is 0 Å². The summed E-state index contributed by atoms with van der Waals surface area (Å²) in [5.74, 6) is 1.37. The zero-order valence-corrected chi connectivity index (χ0v) is 12.0. The van der Waals surface area contributed by atoms with Crippen LogP contribution < -0.4 is 5.32 Å². The van der Waals surface area contributed by atoms with Crippen LogP contribution in [0.15, 0.2) is 17.2 Å². The molecule has 0 amide bonds. The summed E-state index contributed by atoms with van der Waals surface area (Å²) in [5.41, 5.74) is 1.77. The third-order valence-electron chi connectivity index (χ3n) is 2.82. The van der Waals surface area contributed by atoms with E-state index in [9.17, 15) is 0 Å². The summed E-state index contributed by atoms with van der Waals surface area (Å²) in [6, 6.07) is 0. The highest BCUT2D eigenvalue weighted by molar-refractivity contribution is 6.28. The van der Waals surface area contributed by atoms with E-state index in [1.807, 2.05) is 13.8 Å². The molecule has 0 aliphatic carbocycles. The second-order valence-corrected chi connectivity index (χ2v) is 4.56. The first-order valence-corrected chi connectivity index (χ1v) is 6.43. The number of anilines is 1. The van der Waals surface area contributed by atoms with Crippen molar-refractivity contribution in [2.45, 2.75) is 20.4 Å². The largest absolute Gasteiger partial charge is 0.361 e. The zero-order valence-electron chi connectivity index (χ0n) is 11.3. The van der Waals surface area contributed by atoms with Crippen LogP contribution in [0.2, 0.25) is 5.28 Å². The molecule has 0 saturated carbocycles. The molecule has 10 heteroatoms. The molecule has 3 aromatic heterocycles. The van der Waals surface area contributed by atoms with E-state index in [0.29, 0.717) is 12.5 Å². The molecule has 1 N–H and O–H groups in total. The van der Waals surface area contributed by atoms with E-state index >= 15 is 0 Å². The molecule has 0 spiro atoms. The van der Waals surface area contributed by atoms with Crippen molar-refractivity contribution in [3.05, 3.63) is 35.0 Å². The van der Waals surface area contributed by atoms with Crippen molar-refractivity contribution in [2.24, 2.45) is 0 Å². The molecule has 0 aliphatic heterocycles. The highest BCUT2D eigenvalue weighted by Gasteiger charge is 2.11. The number of nitrogens with zero attached hydrogens (tertiary/aromatic N) is 7. The van der Waals surface area contributed by atoms with Gasteiger partial charge in [-0.3, -0.25) is 0 Å². The second-order valence-electron chi connectivity index (χ2n) is 4.22. The number of hydrogen-bond acceptors (Lipinski definition) is 8. The van der Waals surface area contributed by atoms with Crippen molar-refractivity contribution in [1.82, 2.24) is 34.9 Å². The van der Waals surface area contributed by atoms with Gasteiger partial charge < -0.3 is 9.84 Å². The molecule has 0 saturated heterocycles. The van der Waals surface area contributed by atoms with Crippen LogP contribution in [0.4, 0.5) is 5.95 Å². The summed E-state index contributed by atoms with van der Waals surface area (Å²) < 4.78 is 6.50. The van der Waals surface area contributed by atoms with E-state index in [2.05, 4.69) is 35.5 Å². The highest BCUT2D eigenvalue weighted by Crippen LogP contribution is 2.14. The molecule has 0 atom stereocenters. The summed E-state index contributed by atoms with van der Waals surface area (Å²) >= 11 is 5.90. The maximum absolute atomic E-state index is 5.90. The van der Waals surface area contributed by atoms with E-state index in [4.69, 9.17) is 16.1 Å². The van der Waals surface area contributed by atoms with E-state index in [1.165, 1.54) is 17.3 Å². The third kappa shape index (κ3) is 2.82. The second kappa shape index (κ2) is 5.44. The van der Waals surface area contributed by atoms with Gasteiger partial charge in [0.25, 0.3) is 5.95 Å². The molecule has 0 unspecified atom stereocenters. The van der Waals surface area contributed by atoms with Gasteiger partial charge in [0.05, 0.1) is 5.69 Å². The van der Waals surface area contributed by atoms with Crippen LogP contribution in [0.1, 0.15) is 17.0 Å². The van der Waals surface area contributed by atoms with Crippen molar-refractivity contribution in [2.75, 3.05) is 5.32 Å². The lowest BCUT2D eigenvalue weighted by atomic mass is 10.2. The van der Waals surface area contributed by atoms with Gasteiger partial charge in [-0.1, -0.05) is 5.16 Å². The summed E-state index contributed by atoms with van der Waals surface area (Å²) in [7, 11) is 0. The Bertz CT molecular complexity index is 734. The smallest absolute Gasteiger partial charge is 0.258 e. The molecule has 0 fully saturated rings. The van der Waals surface area contributed by atoms with Gasteiger partial charge in [0.1, 0.15) is 18.4 Å².